The molecule has 0 fully saturated rings. The maximum Gasteiger partial charge on any atom is 0.332 e. The molecule has 0 saturated carbocycles. The molecule has 26 heavy (non-hydrogen) atoms. The van der Waals surface area contributed by atoms with E-state index in [0.29, 0.717) is 9.04 Å². The number of carboxylic acids is 1. The molecule has 134 valence electrons. The number of halogens is 3. The van der Waals surface area contributed by atoms with Gasteiger partial charge in [0.15, 0.2) is 0 Å². The Kier molecular flexibility index (Phi) is 4.97. The van der Waals surface area contributed by atoms with Crippen molar-refractivity contribution in [1.29, 1.82) is 0 Å². The Balaban J connectivity index is 2.31. The minimum atomic E-state index is -1.34. The van der Waals surface area contributed by atoms with Gasteiger partial charge in [0.05, 0.1) is 17.4 Å². The number of benzene rings is 2. The molecular formula is C17H11BrClFN2O4. The first kappa shape index (κ1) is 18.3. The van der Waals surface area contributed by atoms with Crippen molar-refractivity contribution in [3.63, 3.8) is 0 Å². The second-order valence-corrected chi connectivity index (χ2v) is 6.90. The van der Waals surface area contributed by atoms with Crippen molar-refractivity contribution >= 4 is 44.4 Å². The van der Waals surface area contributed by atoms with Gasteiger partial charge in [-0.2, -0.15) is 0 Å². The van der Waals surface area contributed by atoms with E-state index in [-0.39, 0.29) is 28.0 Å². The van der Waals surface area contributed by atoms with E-state index >= 15 is 0 Å². The van der Waals surface area contributed by atoms with E-state index in [1.165, 1.54) is 30.3 Å². The lowest BCUT2D eigenvalue weighted by Gasteiger charge is -2.14. The second kappa shape index (κ2) is 7.05. The number of aliphatic carboxylic acids is 1. The number of carbonyl (C=O) groups is 1. The van der Waals surface area contributed by atoms with Gasteiger partial charge < -0.3 is 5.11 Å². The molecule has 0 bridgehead atoms. The SMILES string of the molecule is O=C(O)Cn1c(=O)c2cc(Cl)ccc2n(Cc2ccc(Br)cc2F)c1=O. The van der Waals surface area contributed by atoms with E-state index in [0.717, 1.165) is 4.57 Å². The summed E-state index contributed by atoms with van der Waals surface area (Å²) in [5.74, 6) is -1.88. The van der Waals surface area contributed by atoms with Crippen LogP contribution in [0.1, 0.15) is 5.56 Å². The highest BCUT2D eigenvalue weighted by atomic mass is 79.9. The maximum atomic E-state index is 14.2. The fourth-order valence-electron chi connectivity index (χ4n) is 2.64. The van der Waals surface area contributed by atoms with Crippen LogP contribution in [-0.2, 0) is 17.9 Å². The molecule has 0 spiro atoms. The van der Waals surface area contributed by atoms with Crippen LogP contribution in [0.15, 0.2) is 50.5 Å². The third kappa shape index (κ3) is 3.42. The molecule has 0 aliphatic rings. The zero-order valence-electron chi connectivity index (χ0n) is 13.1. The third-order valence-electron chi connectivity index (χ3n) is 3.82. The van der Waals surface area contributed by atoms with Gasteiger partial charge in [0.2, 0.25) is 0 Å². The Bertz CT molecular complexity index is 1160. The lowest BCUT2D eigenvalue weighted by Crippen LogP contribution is -2.42. The maximum absolute atomic E-state index is 14.2. The number of hydrogen-bond acceptors (Lipinski definition) is 3. The highest BCUT2D eigenvalue weighted by molar-refractivity contribution is 9.10. The van der Waals surface area contributed by atoms with E-state index < -0.39 is 29.6 Å². The zero-order valence-corrected chi connectivity index (χ0v) is 15.4. The van der Waals surface area contributed by atoms with E-state index in [1.807, 2.05) is 0 Å². The van der Waals surface area contributed by atoms with Crippen molar-refractivity contribution in [2.24, 2.45) is 0 Å². The molecule has 6 nitrogen and oxygen atoms in total. The molecular weight excluding hydrogens is 431 g/mol. The second-order valence-electron chi connectivity index (χ2n) is 5.55. The highest BCUT2D eigenvalue weighted by Crippen LogP contribution is 2.19. The van der Waals surface area contributed by atoms with Gasteiger partial charge >= 0.3 is 11.7 Å². The number of carboxylic acid groups (broad SMARTS) is 1. The largest absolute Gasteiger partial charge is 0.480 e. The van der Waals surface area contributed by atoms with Gasteiger partial charge in [-0.1, -0.05) is 33.6 Å². The Morgan fingerprint density at radius 2 is 1.88 bits per heavy atom. The third-order valence-corrected chi connectivity index (χ3v) is 4.55. The summed E-state index contributed by atoms with van der Waals surface area (Å²) < 4.78 is 16.5. The summed E-state index contributed by atoms with van der Waals surface area (Å²) in [6, 6.07) is 8.70. The molecule has 2 aromatic carbocycles. The van der Waals surface area contributed by atoms with E-state index in [9.17, 15) is 18.8 Å². The van der Waals surface area contributed by atoms with E-state index in [1.54, 1.807) is 6.07 Å². The monoisotopic (exact) mass is 440 g/mol. The predicted molar refractivity (Wildman–Crippen MR) is 98.3 cm³/mol. The molecule has 9 heteroatoms. The van der Waals surface area contributed by atoms with Crippen LogP contribution in [0.2, 0.25) is 5.02 Å². The quantitative estimate of drug-likeness (QED) is 0.675. The lowest BCUT2D eigenvalue weighted by molar-refractivity contribution is -0.137. The standard InChI is InChI=1S/C17H11BrClFN2O4/c18-10-2-1-9(13(20)5-10)7-21-14-4-3-11(19)6-12(14)16(25)22(17(21)26)8-15(23)24/h1-6H,7-8H2,(H,23,24). The molecule has 3 rings (SSSR count). The van der Waals surface area contributed by atoms with Crippen LogP contribution in [0.4, 0.5) is 4.39 Å². The van der Waals surface area contributed by atoms with Gasteiger partial charge in [-0.3, -0.25) is 14.2 Å². The minimum absolute atomic E-state index is 0.0795. The van der Waals surface area contributed by atoms with Crippen molar-refractivity contribution in [3.8, 4) is 0 Å². The van der Waals surface area contributed by atoms with Crippen LogP contribution < -0.4 is 11.2 Å². The van der Waals surface area contributed by atoms with Crippen molar-refractivity contribution in [1.82, 2.24) is 9.13 Å². The smallest absolute Gasteiger partial charge is 0.332 e. The average molecular weight is 442 g/mol. The van der Waals surface area contributed by atoms with Crippen molar-refractivity contribution < 1.29 is 14.3 Å². The van der Waals surface area contributed by atoms with Crippen LogP contribution in [0.25, 0.3) is 10.9 Å². The molecule has 0 atom stereocenters. The number of nitrogens with zero attached hydrogens (tertiary/aromatic N) is 2. The summed E-state index contributed by atoms with van der Waals surface area (Å²) in [6.45, 7) is -0.973. The van der Waals surface area contributed by atoms with Crippen molar-refractivity contribution in [2.75, 3.05) is 0 Å². The van der Waals surface area contributed by atoms with Gasteiger partial charge in [0, 0.05) is 15.1 Å². The number of rotatable bonds is 4. The van der Waals surface area contributed by atoms with Crippen molar-refractivity contribution in [2.45, 2.75) is 13.1 Å². The lowest BCUT2D eigenvalue weighted by atomic mass is 10.2. The number of aromatic nitrogens is 2. The molecule has 1 N–H and O–H groups in total. The summed E-state index contributed by atoms with van der Waals surface area (Å²) >= 11 is 9.08. The normalized spacial score (nSPS) is 11.0. The summed E-state index contributed by atoms with van der Waals surface area (Å²) in [4.78, 5) is 36.2. The molecule has 0 aliphatic carbocycles. The van der Waals surface area contributed by atoms with Crippen LogP contribution >= 0.6 is 27.5 Å². The Labute approximate surface area is 159 Å². The Hall–Kier alpha value is -2.45. The highest BCUT2D eigenvalue weighted by Gasteiger charge is 2.17. The summed E-state index contributed by atoms with van der Waals surface area (Å²) in [5, 5.41) is 9.34. The van der Waals surface area contributed by atoms with Crippen LogP contribution in [-0.4, -0.2) is 20.2 Å². The van der Waals surface area contributed by atoms with Crippen LogP contribution in [0.5, 0.6) is 0 Å². The topological polar surface area (TPSA) is 81.3 Å². The van der Waals surface area contributed by atoms with Gasteiger partial charge in [-0.05, 0) is 30.3 Å². The molecule has 0 amide bonds. The fourth-order valence-corrected chi connectivity index (χ4v) is 3.15. The van der Waals surface area contributed by atoms with Gasteiger partial charge in [0.1, 0.15) is 12.4 Å². The minimum Gasteiger partial charge on any atom is -0.480 e. The Morgan fingerprint density at radius 3 is 2.54 bits per heavy atom. The van der Waals surface area contributed by atoms with Gasteiger partial charge in [0.25, 0.3) is 5.56 Å². The molecule has 1 aromatic heterocycles. The van der Waals surface area contributed by atoms with Gasteiger partial charge in [-0.25, -0.2) is 13.8 Å². The van der Waals surface area contributed by atoms with E-state index in [2.05, 4.69) is 15.9 Å². The number of hydrogen-bond donors (Lipinski definition) is 1. The first-order valence-electron chi connectivity index (χ1n) is 7.36. The fraction of sp³-hybridized carbons (Fsp3) is 0.118. The molecule has 3 aromatic rings. The summed E-state index contributed by atoms with van der Waals surface area (Å²) in [5.41, 5.74) is -1.14. The first-order valence-corrected chi connectivity index (χ1v) is 8.53. The average Bonchev–Trinajstić information content (AvgIpc) is 2.57. The molecule has 0 unspecified atom stereocenters. The summed E-state index contributed by atoms with van der Waals surface area (Å²) in [7, 11) is 0. The van der Waals surface area contributed by atoms with E-state index in [4.69, 9.17) is 16.7 Å². The Morgan fingerprint density at radius 1 is 1.15 bits per heavy atom. The van der Waals surface area contributed by atoms with Crippen LogP contribution in [0.3, 0.4) is 0 Å². The molecule has 0 aliphatic heterocycles. The molecule has 1 heterocycles. The number of fused-ring (bicyclic) bond motifs is 1. The van der Waals surface area contributed by atoms with Crippen LogP contribution in [0, 0.1) is 5.82 Å². The van der Waals surface area contributed by atoms with Crippen molar-refractivity contribution in [3.05, 3.63) is 78.1 Å². The molecule has 0 saturated heterocycles. The predicted octanol–water partition coefficient (Wildman–Crippen LogP) is 2.85. The zero-order chi connectivity index (χ0) is 19.0. The molecule has 0 radical (unpaired) electrons. The van der Waals surface area contributed by atoms with Gasteiger partial charge in [-0.15, -0.1) is 0 Å². The first-order chi connectivity index (χ1) is 12.3. The summed E-state index contributed by atoms with van der Waals surface area (Å²) in [6.07, 6.45) is 0.